The van der Waals surface area contributed by atoms with Gasteiger partial charge in [-0.2, -0.15) is 13.2 Å². The van der Waals surface area contributed by atoms with Gasteiger partial charge in [-0.15, -0.1) is 0 Å². The molecule has 1 unspecified atom stereocenters. The molecular formula is C13H15BrF3NO. The van der Waals surface area contributed by atoms with Crippen LogP contribution in [-0.4, -0.2) is 24.8 Å². The highest BCUT2D eigenvalue weighted by Crippen LogP contribution is 2.37. The number of benzene rings is 1. The smallest absolute Gasteiger partial charge is 0.396 e. The summed E-state index contributed by atoms with van der Waals surface area (Å²) >= 11 is 3.22. The predicted octanol–water partition coefficient (Wildman–Crippen LogP) is 3.68. The summed E-state index contributed by atoms with van der Waals surface area (Å²) in [6.07, 6.45) is -2.60. The van der Waals surface area contributed by atoms with Gasteiger partial charge in [-0.25, -0.2) is 0 Å². The molecule has 1 atom stereocenters. The molecular weight excluding hydrogens is 323 g/mol. The monoisotopic (exact) mass is 337 g/mol. The fraction of sp³-hybridized carbons (Fsp3) is 0.538. The van der Waals surface area contributed by atoms with Crippen LogP contribution < -0.4 is 4.90 Å². The van der Waals surface area contributed by atoms with Gasteiger partial charge in [0.15, 0.2) is 0 Å². The summed E-state index contributed by atoms with van der Waals surface area (Å²) < 4.78 is 38.2. The van der Waals surface area contributed by atoms with Gasteiger partial charge in [-0.3, -0.25) is 0 Å². The summed E-state index contributed by atoms with van der Waals surface area (Å²) in [5.41, 5.74) is 0.141. The third kappa shape index (κ3) is 3.42. The van der Waals surface area contributed by atoms with E-state index < -0.39 is 11.7 Å². The maximum absolute atomic E-state index is 12.6. The topological polar surface area (TPSA) is 23.5 Å². The molecule has 1 saturated heterocycles. The summed E-state index contributed by atoms with van der Waals surface area (Å²) in [6.45, 7) is 1.76. The van der Waals surface area contributed by atoms with E-state index in [1.807, 2.05) is 0 Å². The zero-order valence-corrected chi connectivity index (χ0v) is 11.8. The van der Waals surface area contributed by atoms with Crippen molar-refractivity contribution in [2.24, 2.45) is 5.92 Å². The minimum atomic E-state index is -4.31. The van der Waals surface area contributed by atoms with Gasteiger partial charge >= 0.3 is 6.18 Å². The Kier molecular flexibility index (Phi) is 4.40. The van der Waals surface area contributed by atoms with Gasteiger partial charge in [0, 0.05) is 24.2 Å². The van der Waals surface area contributed by atoms with Gasteiger partial charge in [-0.05, 0) is 52.9 Å². The lowest BCUT2D eigenvalue weighted by Crippen LogP contribution is -2.20. The molecule has 0 aromatic heterocycles. The number of nitrogens with zero attached hydrogens (tertiary/aromatic N) is 1. The van der Waals surface area contributed by atoms with Gasteiger partial charge in [0.2, 0.25) is 0 Å². The number of hydrogen-bond donors (Lipinski definition) is 1. The molecule has 0 amide bonds. The molecule has 1 aromatic carbocycles. The fourth-order valence-corrected chi connectivity index (χ4v) is 3.04. The molecule has 0 spiro atoms. The van der Waals surface area contributed by atoms with Crippen LogP contribution >= 0.6 is 15.9 Å². The first-order valence-corrected chi connectivity index (χ1v) is 6.93. The maximum atomic E-state index is 12.6. The highest BCUT2D eigenvalue weighted by atomic mass is 79.9. The molecule has 6 heteroatoms. The summed E-state index contributed by atoms with van der Waals surface area (Å²) in [6, 6.07) is 3.74. The molecule has 0 saturated carbocycles. The van der Waals surface area contributed by atoms with E-state index in [4.69, 9.17) is 5.11 Å². The molecule has 1 aromatic rings. The third-order valence-corrected chi connectivity index (χ3v) is 4.07. The van der Waals surface area contributed by atoms with Crippen LogP contribution in [0.5, 0.6) is 0 Å². The minimum absolute atomic E-state index is 0.159. The van der Waals surface area contributed by atoms with E-state index in [9.17, 15) is 13.2 Å². The predicted molar refractivity (Wildman–Crippen MR) is 71.2 cm³/mol. The number of anilines is 1. The van der Waals surface area contributed by atoms with Gasteiger partial charge < -0.3 is 10.0 Å². The van der Waals surface area contributed by atoms with Crippen molar-refractivity contribution in [2.75, 3.05) is 24.6 Å². The lowest BCUT2D eigenvalue weighted by Gasteiger charge is -2.21. The van der Waals surface area contributed by atoms with Crippen molar-refractivity contribution >= 4 is 21.6 Å². The van der Waals surface area contributed by atoms with Crippen molar-refractivity contribution in [2.45, 2.75) is 19.0 Å². The number of aliphatic hydroxyl groups is 1. The Labute approximate surface area is 118 Å². The first-order chi connectivity index (χ1) is 8.91. The Morgan fingerprint density at radius 2 is 2.11 bits per heavy atom. The Bertz CT molecular complexity index is 450. The molecule has 0 aliphatic carbocycles. The number of halogens is 4. The summed E-state index contributed by atoms with van der Waals surface area (Å²) in [5.74, 6) is 0.416. The molecule has 19 heavy (non-hydrogen) atoms. The molecule has 0 radical (unpaired) electrons. The van der Waals surface area contributed by atoms with Crippen LogP contribution in [0.15, 0.2) is 22.7 Å². The summed E-state index contributed by atoms with van der Waals surface area (Å²) in [4.78, 5) is 2.06. The van der Waals surface area contributed by atoms with Gasteiger partial charge in [0.1, 0.15) is 0 Å². The van der Waals surface area contributed by atoms with E-state index in [0.717, 1.165) is 43.8 Å². The minimum Gasteiger partial charge on any atom is -0.396 e. The molecule has 1 aliphatic rings. The Morgan fingerprint density at radius 1 is 1.37 bits per heavy atom. The average molecular weight is 338 g/mol. The SMILES string of the molecule is OCCC1CCN(c2ccc(C(F)(F)F)cc2Br)C1. The van der Waals surface area contributed by atoms with Crippen LogP contribution in [0.1, 0.15) is 18.4 Å². The molecule has 1 N–H and O–H groups in total. The van der Waals surface area contributed by atoms with Crippen LogP contribution in [0.4, 0.5) is 18.9 Å². The van der Waals surface area contributed by atoms with Gasteiger partial charge in [0.05, 0.1) is 11.3 Å². The number of hydrogen-bond acceptors (Lipinski definition) is 2. The van der Waals surface area contributed by atoms with Crippen LogP contribution in [-0.2, 0) is 6.18 Å². The number of aliphatic hydroxyl groups excluding tert-OH is 1. The molecule has 2 rings (SSSR count). The summed E-state index contributed by atoms with van der Waals surface area (Å²) in [5, 5.41) is 8.91. The molecule has 2 nitrogen and oxygen atoms in total. The highest BCUT2D eigenvalue weighted by molar-refractivity contribution is 9.10. The zero-order valence-electron chi connectivity index (χ0n) is 10.3. The van der Waals surface area contributed by atoms with E-state index in [1.165, 1.54) is 6.07 Å². The van der Waals surface area contributed by atoms with E-state index in [2.05, 4.69) is 20.8 Å². The quantitative estimate of drug-likeness (QED) is 0.909. The second-order valence-electron chi connectivity index (χ2n) is 4.78. The van der Waals surface area contributed by atoms with Gasteiger partial charge in [-0.1, -0.05) is 0 Å². The van der Waals surface area contributed by atoms with E-state index in [1.54, 1.807) is 0 Å². The number of alkyl halides is 3. The second kappa shape index (κ2) is 5.71. The molecule has 1 aliphatic heterocycles. The standard InChI is InChI=1S/C13H15BrF3NO/c14-11-7-10(13(15,16)17)1-2-12(11)18-5-3-9(8-18)4-6-19/h1-2,7,9,19H,3-6,8H2. The largest absolute Gasteiger partial charge is 0.416 e. The van der Waals surface area contributed by atoms with Crippen molar-refractivity contribution in [1.82, 2.24) is 0 Å². The van der Waals surface area contributed by atoms with E-state index in [0.29, 0.717) is 10.4 Å². The van der Waals surface area contributed by atoms with Gasteiger partial charge in [0.25, 0.3) is 0 Å². The van der Waals surface area contributed by atoms with E-state index >= 15 is 0 Å². The second-order valence-corrected chi connectivity index (χ2v) is 5.63. The number of rotatable bonds is 3. The lowest BCUT2D eigenvalue weighted by molar-refractivity contribution is -0.137. The first-order valence-electron chi connectivity index (χ1n) is 6.14. The van der Waals surface area contributed by atoms with Crippen LogP contribution in [0.2, 0.25) is 0 Å². The zero-order chi connectivity index (χ0) is 14.0. The van der Waals surface area contributed by atoms with Crippen LogP contribution in [0, 0.1) is 5.92 Å². The average Bonchev–Trinajstić information content (AvgIpc) is 2.76. The van der Waals surface area contributed by atoms with Crippen molar-refractivity contribution < 1.29 is 18.3 Å². The van der Waals surface area contributed by atoms with Crippen molar-refractivity contribution in [3.8, 4) is 0 Å². The lowest BCUT2D eigenvalue weighted by atomic mass is 10.1. The first kappa shape index (κ1) is 14.7. The van der Waals surface area contributed by atoms with Crippen molar-refractivity contribution in [3.05, 3.63) is 28.2 Å². The Balaban J connectivity index is 2.14. The van der Waals surface area contributed by atoms with Crippen molar-refractivity contribution in [1.29, 1.82) is 0 Å². The van der Waals surface area contributed by atoms with Crippen LogP contribution in [0.25, 0.3) is 0 Å². The molecule has 106 valence electrons. The van der Waals surface area contributed by atoms with Crippen molar-refractivity contribution in [3.63, 3.8) is 0 Å². The normalized spacial score (nSPS) is 20.1. The summed E-state index contributed by atoms with van der Waals surface area (Å²) in [7, 11) is 0. The maximum Gasteiger partial charge on any atom is 0.416 e. The Morgan fingerprint density at radius 3 is 2.68 bits per heavy atom. The molecule has 1 fully saturated rings. The van der Waals surface area contributed by atoms with E-state index in [-0.39, 0.29) is 6.61 Å². The fourth-order valence-electron chi connectivity index (χ4n) is 2.41. The molecule has 1 heterocycles. The third-order valence-electron chi connectivity index (χ3n) is 3.44. The van der Waals surface area contributed by atoms with Crippen LogP contribution in [0.3, 0.4) is 0 Å². The molecule has 0 bridgehead atoms. The highest BCUT2D eigenvalue weighted by Gasteiger charge is 2.31. The Hall–Kier alpha value is -0.750.